The first-order valence-electron chi connectivity index (χ1n) is 8.17. The van der Waals surface area contributed by atoms with Gasteiger partial charge in [-0.25, -0.2) is 9.67 Å². The Hall–Kier alpha value is -3.19. The molecule has 1 amide bonds. The van der Waals surface area contributed by atoms with E-state index in [1.165, 1.54) is 0 Å². The molecule has 26 heavy (non-hydrogen) atoms. The molecule has 0 saturated carbocycles. The summed E-state index contributed by atoms with van der Waals surface area (Å²) in [5, 5.41) is 6.90. The second kappa shape index (κ2) is 8.26. The lowest BCUT2D eigenvalue weighted by Crippen LogP contribution is -2.27. The quantitative estimate of drug-likeness (QED) is 0.707. The number of nitrogens with zero attached hydrogens (tertiary/aromatic N) is 3. The molecule has 3 rings (SSSR count). The molecular formula is C19H20N4O3. The molecule has 7 nitrogen and oxygen atoms in total. The number of aromatic nitrogens is 3. The molecule has 2 aromatic heterocycles. The minimum Gasteiger partial charge on any atom is -0.497 e. The summed E-state index contributed by atoms with van der Waals surface area (Å²) in [6.45, 7) is 2.03. The fourth-order valence-electron chi connectivity index (χ4n) is 2.30. The van der Waals surface area contributed by atoms with Gasteiger partial charge in [0.15, 0.2) is 5.82 Å². The van der Waals surface area contributed by atoms with Crippen molar-refractivity contribution in [1.29, 1.82) is 0 Å². The molecule has 3 aromatic rings. The molecule has 1 N–H and O–H groups in total. The third-order valence-electron chi connectivity index (χ3n) is 3.76. The largest absolute Gasteiger partial charge is 0.497 e. The van der Waals surface area contributed by atoms with Gasteiger partial charge in [0.25, 0.3) is 5.91 Å². The molecule has 0 saturated heterocycles. The number of hydrogen-bond acceptors (Lipinski definition) is 5. The Morgan fingerprint density at radius 1 is 1.27 bits per heavy atom. The van der Waals surface area contributed by atoms with Crippen molar-refractivity contribution in [3.63, 3.8) is 0 Å². The molecular weight excluding hydrogens is 332 g/mol. The summed E-state index contributed by atoms with van der Waals surface area (Å²) in [6.07, 6.45) is 4.46. The second-order valence-corrected chi connectivity index (χ2v) is 5.65. The highest BCUT2D eigenvalue weighted by atomic mass is 16.5. The summed E-state index contributed by atoms with van der Waals surface area (Å²) >= 11 is 0. The minimum atomic E-state index is -0.605. The normalized spacial score (nSPS) is 11.8. The van der Waals surface area contributed by atoms with Crippen molar-refractivity contribution in [2.24, 2.45) is 0 Å². The van der Waals surface area contributed by atoms with Crippen LogP contribution in [0.1, 0.15) is 12.5 Å². The van der Waals surface area contributed by atoms with Gasteiger partial charge in [-0.2, -0.15) is 5.10 Å². The summed E-state index contributed by atoms with van der Waals surface area (Å²) in [4.78, 5) is 16.5. The lowest BCUT2D eigenvalue weighted by atomic mass is 10.2. The van der Waals surface area contributed by atoms with E-state index in [0.717, 1.165) is 11.3 Å². The van der Waals surface area contributed by atoms with E-state index in [2.05, 4.69) is 15.4 Å². The number of benzene rings is 1. The molecule has 0 spiro atoms. The van der Waals surface area contributed by atoms with Crippen LogP contribution in [0, 0.1) is 0 Å². The number of carbonyl (C=O) groups is 1. The molecule has 1 unspecified atom stereocenters. The minimum absolute atomic E-state index is 0.235. The first kappa shape index (κ1) is 17.6. The van der Waals surface area contributed by atoms with E-state index in [4.69, 9.17) is 9.47 Å². The topological polar surface area (TPSA) is 78.3 Å². The first-order valence-corrected chi connectivity index (χ1v) is 8.17. The average Bonchev–Trinajstić information content (AvgIpc) is 3.21. The number of rotatable bonds is 7. The Morgan fingerprint density at radius 2 is 2.15 bits per heavy atom. The maximum Gasteiger partial charge on any atom is 0.253 e. The van der Waals surface area contributed by atoms with E-state index in [9.17, 15) is 4.79 Å². The molecule has 134 valence electrons. The van der Waals surface area contributed by atoms with Crippen LogP contribution in [0.2, 0.25) is 0 Å². The number of amides is 1. The molecule has 1 aromatic carbocycles. The highest BCUT2D eigenvalue weighted by molar-refractivity contribution is 5.93. The van der Waals surface area contributed by atoms with Crippen LogP contribution < -0.4 is 10.1 Å². The molecule has 0 aliphatic carbocycles. The van der Waals surface area contributed by atoms with E-state index in [1.807, 2.05) is 30.3 Å². The Kier molecular flexibility index (Phi) is 5.60. The van der Waals surface area contributed by atoms with Crippen molar-refractivity contribution in [3.05, 3.63) is 66.6 Å². The zero-order valence-electron chi connectivity index (χ0n) is 14.6. The van der Waals surface area contributed by atoms with Gasteiger partial charge in [-0.15, -0.1) is 0 Å². The number of pyridine rings is 1. The van der Waals surface area contributed by atoms with Crippen LogP contribution in [0.3, 0.4) is 0 Å². The van der Waals surface area contributed by atoms with Gasteiger partial charge in [-0.05, 0) is 42.8 Å². The molecule has 1 atom stereocenters. The summed E-state index contributed by atoms with van der Waals surface area (Å²) in [5.41, 5.74) is 1.54. The molecule has 2 heterocycles. The average molecular weight is 352 g/mol. The van der Waals surface area contributed by atoms with Gasteiger partial charge in [-0.1, -0.05) is 12.1 Å². The molecule has 0 radical (unpaired) electrons. The zero-order valence-corrected chi connectivity index (χ0v) is 14.6. The number of anilines is 1. The van der Waals surface area contributed by atoms with Gasteiger partial charge in [0.1, 0.15) is 11.9 Å². The van der Waals surface area contributed by atoms with Gasteiger partial charge in [0, 0.05) is 12.4 Å². The van der Waals surface area contributed by atoms with Crippen LogP contribution >= 0.6 is 0 Å². The van der Waals surface area contributed by atoms with Crippen LogP contribution in [-0.2, 0) is 16.1 Å². The smallest absolute Gasteiger partial charge is 0.253 e. The molecule has 0 fully saturated rings. The van der Waals surface area contributed by atoms with E-state index < -0.39 is 6.10 Å². The van der Waals surface area contributed by atoms with Crippen LogP contribution in [-0.4, -0.2) is 33.9 Å². The van der Waals surface area contributed by atoms with Crippen molar-refractivity contribution in [2.75, 3.05) is 12.4 Å². The molecule has 0 bridgehead atoms. The van der Waals surface area contributed by atoms with Crippen molar-refractivity contribution in [1.82, 2.24) is 14.8 Å². The molecule has 7 heteroatoms. The molecule has 0 aliphatic heterocycles. The zero-order chi connectivity index (χ0) is 18.4. The summed E-state index contributed by atoms with van der Waals surface area (Å²) < 4.78 is 12.5. The van der Waals surface area contributed by atoms with Crippen LogP contribution in [0.15, 0.2) is 61.1 Å². The van der Waals surface area contributed by atoms with Crippen LogP contribution in [0.5, 0.6) is 5.75 Å². The summed E-state index contributed by atoms with van der Waals surface area (Å²) in [5.74, 6) is 1.20. The van der Waals surface area contributed by atoms with Gasteiger partial charge < -0.3 is 14.8 Å². The number of ether oxygens (including phenoxy) is 2. The fraction of sp³-hybridized carbons (Fsp3) is 0.211. The predicted octanol–water partition coefficient (Wildman–Crippen LogP) is 2.82. The van der Waals surface area contributed by atoms with E-state index in [0.29, 0.717) is 18.1 Å². The monoisotopic (exact) mass is 352 g/mol. The SMILES string of the molecule is COc1cccc(COC(C)C(=O)Nc2ccc(-n3cccn3)nc2)c1. The Labute approximate surface area is 151 Å². The third kappa shape index (κ3) is 4.46. The maximum absolute atomic E-state index is 12.3. The Balaban J connectivity index is 1.53. The Morgan fingerprint density at radius 3 is 2.85 bits per heavy atom. The third-order valence-corrected chi connectivity index (χ3v) is 3.76. The number of hydrogen-bond donors (Lipinski definition) is 1. The first-order chi connectivity index (χ1) is 12.7. The van der Waals surface area contributed by atoms with Crippen molar-refractivity contribution in [3.8, 4) is 11.6 Å². The number of methoxy groups -OCH3 is 1. The van der Waals surface area contributed by atoms with Crippen molar-refractivity contribution >= 4 is 11.6 Å². The van der Waals surface area contributed by atoms with Crippen LogP contribution in [0.25, 0.3) is 5.82 Å². The van der Waals surface area contributed by atoms with Gasteiger partial charge in [-0.3, -0.25) is 4.79 Å². The number of nitrogens with one attached hydrogen (secondary N) is 1. The number of carbonyl (C=O) groups excluding carboxylic acids is 1. The van der Waals surface area contributed by atoms with E-state index >= 15 is 0 Å². The maximum atomic E-state index is 12.3. The van der Waals surface area contributed by atoms with E-state index in [1.54, 1.807) is 49.4 Å². The highest BCUT2D eigenvalue weighted by Crippen LogP contribution is 2.14. The summed E-state index contributed by atoms with van der Waals surface area (Å²) in [7, 11) is 1.61. The van der Waals surface area contributed by atoms with Gasteiger partial charge >= 0.3 is 0 Å². The predicted molar refractivity (Wildman–Crippen MR) is 97.2 cm³/mol. The summed E-state index contributed by atoms with van der Waals surface area (Å²) in [6, 6.07) is 12.9. The highest BCUT2D eigenvalue weighted by Gasteiger charge is 2.14. The van der Waals surface area contributed by atoms with Crippen molar-refractivity contribution < 1.29 is 14.3 Å². The van der Waals surface area contributed by atoms with Crippen LogP contribution in [0.4, 0.5) is 5.69 Å². The van der Waals surface area contributed by atoms with Gasteiger partial charge in [0.2, 0.25) is 0 Å². The van der Waals surface area contributed by atoms with Gasteiger partial charge in [0.05, 0.1) is 25.6 Å². The van der Waals surface area contributed by atoms with Crippen molar-refractivity contribution in [2.45, 2.75) is 19.6 Å². The lowest BCUT2D eigenvalue weighted by Gasteiger charge is -2.14. The molecule has 0 aliphatic rings. The Bertz CT molecular complexity index is 847. The lowest BCUT2D eigenvalue weighted by molar-refractivity contribution is -0.127. The van der Waals surface area contributed by atoms with E-state index in [-0.39, 0.29) is 5.91 Å². The second-order valence-electron chi connectivity index (χ2n) is 5.65. The standard InChI is InChI=1S/C19H20N4O3/c1-14(26-13-15-5-3-6-17(11-15)25-2)19(24)22-16-7-8-18(20-12-16)23-10-4-9-21-23/h3-12,14H,13H2,1-2H3,(H,22,24). The fourth-order valence-corrected chi connectivity index (χ4v) is 2.30.